The van der Waals surface area contributed by atoms with Crippen LogP contribution in [0.15, 0.2) is 60.3 Å². The minimum Gasteiger partial charge on any atom is -0.494 e. The van der Waals surface area contributed by atoms with Crippen LogP contribution in [0.4, 0.5) is 0 Å². The SMILES string of the molecule is [C-]#[N+]C(C#N)=C(c1ccccc1)c1ccc(OCCCC)cc1. The Balaban J connectivity index is 2.37. The van der Waals surface area contributed by atoms with Gasteiger partial charge in [-0.05, 0) is 29.7 Å². The molecule has 0 bridgehead atoms. The minimum absolute atomic E-state index is 0.0934. The van der Waals surface area contributed by atoms with Gasteiger partial charge in [-0.3, -0.25) is 0 Å². The zero-order valence-corrected chi connectivity index (χ0v) is 13.1. The second kappa shape index (κ2) is 8.41. The maximum absolute atomic E-state index is 9.27. The van der Waals surface area contributed by atoms with E-state index in [0.29, 0.717) is 12.2 Å². The van der Waals surface area contributed by atoms with Gasteiger partial charge in [0.2, 0.25) is 0 Å². The fraction of sp³-hybridized carbons (Fsp3) is 0.200. The van der Waals surface area contributed by atoms with Crippen LogP contribution >= 0.6 is 0 Å². The molecule has 0 atom stereocenters. The smallest absolute Gasteiger partial charge is 0.270 e. The van der Waals surface area contributed by atoms with Gasteiger partial charge >= 0.3 is 0 Å². The lowest BCUT2D eigenvalue weighted by Crippen LogP contribution is -1.97. The topological polar surface area (TPSA) is 37.4 Å². The van der Waals surface area contributed by atoms with Crippen molar-refractivity contribution < 1.29 is 4.74 Å². The monoisotopic (exact) mass is 302 g/mol. The molecule has 0 aliphatic heterocycles. The summed E-state index contributed by atoms with van der Waals surface area (Å²) in [6.07, 6.45) is 2.11. The Labute approximate surface area is 137 Å². The van der Waals surface area contributed by atoms with Crippen LogP contribution < -0.4 is 4.74 Å². The molecular weight excluding hydrogens is 284 g/mol. The zero-order valence-electron chi connectivity index (χ0n) is 13.1. The Morgan fingerprint density at radius 2 is 1.74 bits per heavy atom. The number of unbranched alkanes of at least 4 members (excludes halogenated alkanes) is 1. The molecule has 0 aromatic heterocycles. The van der Waals surface area contributed by atoms with Crippen molar-refractivity contribution >= 4 is 5.57 Å². The van der Waals surface area contributed by atoms with E-state index in [1.807, 2.05) is 60.7 Å². The third-order valence-electron chi connectivity index (χ3n) is 3.43. The lowest BCUT2D eigenvalue weighted by Gasteiger charge is -2.11. The largest absolute Gasteiger partial charge is 0.494 e. The van der Waals surface area contributed by atoms with E-state index >= 15 is 0 Å². The zero-order chi connectivity index (χ0) is 16.5. The van der Waals surface area contributed by atoms with Crippen molar-refractivity contribution in [1.29, 1.82) is 5.26 Å². The number of benzene rings is 2. The van der Waals surface area contributed by atoms with Crippen LogP contribution in [0.5, 0.6) is 5.75 Å². The molecule has 2 rings (SSSR count). The second-order valence-electron chi connectivity index (χ2n) is 5.04. The van der Waals surface area contributed by atoms with E-state index < -0.39 is 0 Å². The van der Waals surface area contributed by atoms with E-state index in [2.05, 4.69) is 11.8 Å². The van der Waals surface area contributed by atoms with E-state index in [-0.39, 0.29) is 5.70 Å². The Morgan fingerprint density at radius 1 is 1.09 bits per heavy atom. The van der Waals surface area contributed by atoms with E-state index in [4.69, 9.17) is 11.3 Å². The Hall–Kier alpha value is -3.04. The van der Waals surface area contributed by atoms with Crippen LogP contribution in [0.2, 0.25) is 0 Å². The van der Waals surface area contributed by atoms with Crippen molar-refractivity contribution in [3.63, 3.8) is 0 Å². The molecule has 114 valence electrons. The quantitative estimate of drug-likeness (QED) is 0.424. The van der Waals surface area contributed by atoms with Crippen LogP contribution in [0.3, 0.4) is 0 Å². The van der Waals surface area contributed by atoms with Gasteiger partial charge in [-0.25, -0.2) is 10.1 Å². The van der Waals surface area contributed by atoms with E-state index in [1.54, 1.807) is 0 Å². The fourth-order valence-corrected chi connectivity index (χ4v) is 2.23. The molecule has 2 aromatic carbocycles. The van der Waals surface area contributed by atoms with Crippen molar-refractivity contribution in [2.45, 2.75) is 19.8 Å². The molecule has 0 saturated carbocycles. The molecule has 0 aliphatic rings. The van der Waals surface area contributed by atoms with E-state index in [0.717, 1.165) is 29.7 Å². The molecule has 0 radical (unpaired) electrons. The number of nitrogens with zero attached hydrogens (tertiary/aromatic N) is 2. The van der Waals surface area contributed by atoms with Gasteiger partial charge in [0.15, 0.2) is 0 Å². The Bertz CT molecular complexity index is 731. The van der Waals surface area contributed by atoms with Gasteiger partial charge in [0.25, 0.3) is 5.70 Å². The third kappa shape index (κ3) is 4.22. The third-order valence-corrected chi connectivity index (χ3v) is 3.43. The molecule has 2 aromatic rings. The maximum Gasteiger partial charge on any atom is 0.270 e. The molecule has 0 unspecified atom stereocenters. The highest BCUT2D eigenvalue weighted by molar-refractivity contribution is 5.85. The Kier molecular flexibility index (Phi) is 5.98. The summed E-state index contributed by atoms with van der Waals surface area (Å²) in [6, 6.07) is 19.1. The predicted molar refractivity (Wildman–Crippen MR) is 91.5 cm³/mol. The van der Waals surface area contributed by atoms with Crippen LogP contribution in [-0.2, 0) is 0 Å². The van der Waals surface area contributed by atoms with Gasteiger partial charge < -0.3 is 4.74 Å². The molecule has 0 aliphatic carbocycles. The van der Waals surface area contributed by atoms with Crippen LogP contribution in [0.1, 0.15) is 30.9 Å². The first-order chi connectivity index (χ1) is 11.3. The van der Waals surface area contributed by atoms with Crippen LogP contribution in [0.25, 0.3) is 10.4 Å². The van der Waals surface area contributed by atoms with Crippen LogP contribution in [-0.4, -0.2) is 6.61 Å². The minimum atomic E-state index is 0.0934. The van der Waals surface area contributed by atoms with Crippen molar-refractivity contribution in [3.8, 4) is 11.8 Å². The fourth-order valence-electron chi connectivity index (χ4n) is 2.23. The molecule has 3 nitrogen and oxygen atoms in total. The first kappa shape index (κ1) is 16.3. The number of ether oxygens (including phenoxy) is 1. The maximum atomic E-state index is 9.27. The van der Waals surface area contributed by atoms with Crippen LogP contribution in [0, 0.1) is 17.9 Å². The highest BCUT2D eigenvalue weighted by atomic mass is 16.5. The number of hydrogen-bond donors (Lipinski definition) is 0. The van der Waals surface area contributed by atoms with Crippen molar-refractivity contribution in [2.75, 3.05) is 6.61 Å². The summed E-state index contributed by atoms with van der Waals surface area (Å²) in [4.78, 5) is 3.38. The molecular formula is C20H18N2O. The highest BCUT2D eigenvalue weighted by Crippen LogP contribution is 2.28. The van der Waals surface area contributed by atoms with Gasteiger partial charge in [-0.1, -0.05) is 55.8 Å². The summed E-state index contributed by atoms with van der Waals surface area (Å²) in [5.41, 5.74) is 2.45. The first-order valence-electron chi connectivity index (χ1n) is 7.60. The summed E-state index contributed by atoms with van der Waals surface area (Å²) in [7, 11) is 0. The van der Waals surface area contributed by atoms with E-state index in [1.165, 1.54) is 0 Å². The molecule has 0 saturated heterocycles. The number of allylic oxidation sites excluding steroid dienone is 1. The highest BCUT2D eigenvalue weighted by Gasteiger charge is 2.12. The van der Waals surface area contributed by atoms with Crippen molar-refractivity contribution in [3.05, 3.63) is 82.8 Å². The molecule has 23 heavy (non-hydrogen) atoms. The average molecular weight is 302 g/mol. The van der Waals surface area contributed by atoms with Crippen molar-refractivity contribution in [1.82, 2.24) is 0 Å². The normalized spacial score (nSPS) is 11.1. The lowest BCUT2D eigenvalue weighted by molar-refractivity contribution is 0.309. The van der Waals surface area contributed by atoms with Gasteiger partial charge in [-0.2, -0.15) is 0 Å². The van der Waals surface area contributed by atoms with Crippen molar-refractivity contribution in [2.24, 2.45) is 0 Å². The molecule has 0 N–H and O–H groups in total. The molecule has 0 amide bonds. The van der Waals surface area contributed by atoms with Gasteiger partial charge in [0.1, 0.15) is 5.75 Å². The molecule has 0 fully saturated rings. The standard InChI is InChI=1S/C20H18N2O/c1-3-4-14-23-18-12-10-17(11-13-18)20(19(15-21)22-2)16-8-6-5-7-9-16/h5-13H,3-4,14H2,1H3. The number of rotatable bonds is 6. The second-order valence-corrected chi connectivity index (χ2v) is 5.04. The predicted octanol–water partition coefficient (Wildman–Crippen LogP) is 5.07. The summed E-state index contributed by atoms with van der Waals surface area (Å²) in [5, 5.41) is 9.27. The first-order valence-corrected chi connectivity index (χ1v) is 7.60. The summed E-state index contributed by atoms with van der Waals surface area (Å²) in [6.45, 7) is 10.1. The Morgan fingerprint density at radius 3 is 2.30 bits per heavy atom. The number of nitriles is 1. The molecule has 3 heteroatoms. The van der Waals surface area contributed by atoms with Gasteiger partial charge in [0, 0.05) is 5.57 Å². The summed E-state index contributed by atoms with van der Waals surface area (Å²) >= 11 is 0. The van der Waals surface area contributed by atoms with Gasteiger partial charge in [-0.15, -0.1) is 0 Å². The summed E-state index contributed by atoms with van der Waals surface area (Å²) < 4.78 is 5.66. The molecule has 0 spiro atoms. The summed E-state index contributed by atoms with van der Waals surface area (Å²) in [5.74, 6) is 0.802. The van der Waals surface area contributed by atoms with E-state index in [9.17, 15) is 5.26 Å². The van der Waals surface area contributed by atoms with Gasteiger partial charge in [0.05, 0.1) is 19.2 Å². The lowest BCUT2D eigenvalue weighted by atomic mass is 9.96. The molecule has 0 heterocycles. The average Bonchev–Trinajstić information content (AvgIpc) is 2.61. The number of hydrogen-bond acceptors (Lipinski definition) is 2.